The van der Waals surface area contributed by atoms with Crippen LogP contribution in [-0.2, 0) is 14.3 Å². The molecule has 1 aromatic rings. The summed E-state index contributed by atoms with van der Waals surface area (Å²) in [4.78, 5) is 22.8. The van der Waals surface area contributed by atoms with Crippen molar-refractivity contribution >= 4 is 35.0 Å². The van der Waals surface area contributed by atoms with Crippen molar-refractivity contribution in [3.8, 4) is 0 Å². The Morgan fingerprint density at radius 3 is 2.94 bits per heavy atom. The van der Waals surface area contributed by atoms with E-state index in [-0.39, 0.29) is 5.91 Å². The first-order valence-corrected chi connectivity index (χ1v) is 7.12. The molecule has 1 unspecified atom stereocenters. The number of thioether (sulfide) groups is 1. The zero-order valence-corrected chi connectivity index (χ0v) is 11.4. The second kappa shape index (κ2) is 7.34. The Morgan fingerprint density at radius 1 is 1.59 bits per heavy atom. The lowest BCUT2D eigenvalue weighted by Crippen LogP contribution is -2.40. The lowest BCUT2D eigenvalue weighted by atomic mass is 10.3. The maximum Gasteiger partial charge on any atom is 0.328 e. The molecule has 1 amide bonds. The van der Waals surface area contributed by atoms with Crippen LogP contribution < -0.4 is 5.32 Å². The molecule has 0 aliphatic carbocycles. The van der Waals surface area contributed by atoms with Gasteiger partial charge in [-0.25, -0.2) is 4.79 Å². The molecule has 94 valence electrons. The van der Waals surface area contributed by atoms with Crippen LogP contribution in [0, 0.1) is 0 Å². The number of ether oxygens (including phenoxy) is 1. The van der Waals surface area contributed by atoms with Crippen molar-refractivity contribution in [2.24, 2.45) is 0 Å². The summed E-state index contributed by atoms with van der Waals surface area (Å²) in [7, 11) is 0. The minimum absolute atomic E-state index is 0.163. The fraction of sp³-hybridized carbons (Fsp3) is 0.455. The first-order valence-electron chi connectivity index (χ1n) is 5.25. The van der Waals surface area contributed by atoms with Gasteiger partial charge in [0, 0.05) is 0 Å². The molecule has 6 heteroatoms. The minimum Gasteiger partial charge on any atom is -0.464 e. The zero-order chi connectivity index (χ0) is 12.7. The Bertz CT molecular complexity index is 365. The number of nitrogens with one attached hydrogen (secondary N) is 1. The van der Waals surface area contributed by atoms with Crippen molar-refractivity contribution in [3.63, 3.8) is 0 Å². The van der Waals surface area contributed by atoms with Crippen molar-refractivity contribution in [2.45, 2.75) is 24.1 Å². The first-order chi connectivity index (χ1) is 8.13. The van der Waals surface area contributed by atoms with E-state index < -0.39 is 12.0 Å². The molecule has 0 radical (unpaired) electrons. The standard InChI is InChI=1S/C11H15NO3S2/c1-3-15-11(14)8(2)12-9(13)7-17-10-5-4-6-16-10/h4-6,8H,3,7H2,1-2H3,(H,12,13). The predicted molar refractivity (Wildman–Crippen MR) is 69.3 cm³/mol. The molecule has 1 rings (SSSR count). The van der Waals surface area contributed by atoms with Crippen LogP contribution in [0.3, 0.4) is 0 Å². The van der Waals surface area contributed by atoms with Gasteiger partial charge >= 0.3 is 5.97 Å². The van der Waals surface area contributed by atoms with Crippen LogP contribution in [0.1, 0.15) is 13.8 Å². The number of carbonyl (C=O) groups excluding carboxylic acids is 2. The Morgan fingerprint density at radius 2 is 2.35 bits per heavy atom. The SMILES string of the molecule is CCOC(=O)C(C)NC(=O)CSc1cccs1. The van der Waals surface area contributed by atoms with Crippen molar-refractivity contribution in [1.82, 2.24) is 5.32 Å². The molecule has 17 heavy (non-hydrogen) atoms. The average Bonchev–Trinajstić information content (AvgIpc) is 2.79. The quantitative estimate of drug-likeness (QED) is 0.635. The molecule has 0 aliphatic heterocycles. The summed E-state index contributed by atoms with van der Waals surface area (Å²) in [6.07, 6.45) is 0. The summed E-state index contributed by atoms with van der Waals surface area (Å²) >= 11 is 3.05. The third-order valence-electron chi connectivity index (χ3n) is 1.86. The van der Waals surface area contributed by atoms with E-state index in [1.54, 1.807) is 25.2 Å². The van der Waals surface area contributed by atoms with E-state index >= 15 is 0 Å². The van der Waals surface area contributed by atoms with Crippen LogP contribution in [0.15, 0.2) is 21.7 Å². The highest BCUT2D eigenvalue weighted by atomic mass is 32.2. The molecule has 0 aliphatic rings. The van der Waals surface area contributed by atoms with Gasteiger partial charge in [0.15, 0.2) is 0 Å². The van der Waals surface area contributed by atoms with E-state index in [0.29, 0.717) is 12.4 Å². The summed E-state index contributed by atoms with van der Waals surface area (Å²) in [6.45, 7) is 3.67. The maximum atomic E-state index is 11.5. The predicted octanol–water partition coefficient (Wildman–Crippen LogP) is 1.91. The highest BCUT2D eigenvalue weighted by molar-refractivity contribution is 8.01. The Kier molecular flexibility index (Phi) is 6.07. The Balaban J connectivity index is 2.27. The molecule has 0 saturated carbocycles. The summed E-state index contributed by atoms with van der Waals surface area (Å²) < 4.78 is 5.88. The molecule has 1 heterocycles. The van der Waals surface area contributed by atoms with Gasteiger partial charge in [0.05, 0.1) is 16.6 Å². The fourth-order valence-corrected chi connectivity index (χ4v) is 2.69. The number of hydrogen-bond donors (Lipinski definition) is 1. The lowest BCUT2D eigenvalue weighted by molar-refractivity contribution is -0.146. The molecule has 4 nitrogen and oxygen atoms in total. The van der Waals surface area contributed by atoms with Gasteiger partial charge in [0.25, 0.3) is 0 Å². The summed E-state index contributed by atoms with van der Waals surface area (Å²) in [5.74, 6) is -0.254. The number of hydrogen-bond acceptors (Lipinski definition) is 5. The molecule has 0 fully saturated rings. The topological polar surface area (TPSA) is 55.4 Å². The summed E-state index contributed by atoms with van der Waals surface area (Å²) in [5, 5.41) is 4.56. The van der Waals surface area contributed by atoms with Crippen LogP contribution in [0.5, 0.6) is 0 Å². The van der Waals surface area contributed by atoms with Gasteiger partial charge in [-0.2, -0.15) is 0 Å². The number of amides is 1. The van der Waals surface area contributed by atoms with E-state index in [2.05, 4.69) is 5.32 Å². The van der Waals surface area contributed by atoms with Crippen molar-refractivity contribution < 1.29 is 14.3 Å². The third kappa shape index (κ3) is 5.23. The van der Waals surface area contributed by atoms with E-state index in [1.165, 1.54) is 11.8 Å². The highest BCUT2D eigenvalue weighted by Crippen LogP contribution is 2.22. The summed E-state index contributed by atoms with van der Waals surface area (Å²) in [5.41, 5.74) is 0. The second-order valence-corrected chi connectivity index (χ2v) is 5.49. The van der Waals surface area contributed by atoms with Crippen LogP contribution in [0.25, 0.3) is 0 Å². The first kappa shape index (κ1) is 14.1. The van der Waals surface area contributed by atoms with E-state index in [1.807, 2.05) is 17.5 Å². The third-order valence-corrected chi connectivity index (χ3v) is 3.99. The van der Waals surface area contributed by atoms with Gasteiger partial charge in [-0.05, 0) is 25.3 Å². The number of rotatable bonds is 6. The van der Waals surface area contributed by atoms with Crippen molar-refractivity contribution in [2.75, 3.05) is 12.4 Å². The van der Waals surface area contributed by atoms with Gasteiger partial charge in [-0.15, -0.1) is 23.1 Å². The van der Waals surface area contributed by atoms with E-state index in [9.17, 15) is 9.59 Å². The molecule has 0 bridgehead atoms. The lowest BCUT2D eigenvalue weighted by Gasteiger charge is -2.11. The van der Waals surface area contributed by atoms with Crippen LogP contribution in [-0.4, -0.2) is 30.3 Å². The van der Waals surface area contributed by atoms with E-state index in [0.717, 1.165) is 4.21 Å². The molecule has 1 atom stereocenters. The van der Waals surface area contributed by atoms with Gasteiger partial charge in [-0.3, -0.25) is 4.79 Å². The van der Waals surface area contributed by atoms with Crippen LogP contribution >= 0.6 is 23.1 Å². The molecular weight excluding hydrogens is 258 g/mol. The zero-order valence-electron chi connectivity index (χ0n) is 9.76. The smallest absolute Gasteiger partial charge is 0.328 e. The highest BCUT2D eigenvalue weighted by Gasteiger charge is 2.16. The second-order valence-electron chi connectivity index (χ2n) is 3.26. The van der Waals surface area contributed by atoms with Gasteiger partial charge in [0.2, 0.25) is 5.91 Å². The molecule has 0 spiro atoms. The molecular formula is C11H15NO3S2. The maximum absolute atomic E-state index is 11.5. The number of esters is 1. The summed E-state index contributed by atoms with van der Waals surface area (Å²) in [6, 6.07) is 3.30. The normalized spacial score (nSPS) is 11.9. The molecule has 0 aromatic carbocycles. The van der Waals surface area contributed by atoms with Gasteiger partial charge in [-0.1, -0.05) is 6.07 Å². The van der Waals surface area contributed by atoms with Gasteiger partial charge in [0.1, 0.15) is 6.04 Å². The van der Waals surface area contributed by atoms with E-state index in [4.69, 9.17) is 4.74 Å². The number of thiophene rings is 1. The fourth-order valence-electron chi connectivity index (χ4n) is 1.09. The van der Waals surface area contributed by atoms with Gasteiger partial charge < -0.3 is 10.1 Å². The van der Waals surface area contributed by atoms with Crippen LogP contribution in [0.4, 0.5) is 0 Å². The monoisotopic (exact) mass is 273 g/mol. The number of carbonyl (C=O) groups is 2. The minimum atomic E-state index is -0.591. The Hall–Kier alpha value is -1.01. The molecule has 1 N–H and O–H groups in total. The average molecular weight is 273 g/mol. The molecule has 1 aromatic heterocycles. The van der Waals surface area contributed by atoms with Crippen molar-refractivity contribution in [3.05, 3.63) is 17.5 Å². The van der Waals surface area contributed by atoms with Crippen molar-refractivity contribution in [1.29, 1.82) is 0 Å². The Labute approximate surface area is 109 Å². The molecule has 0 saturated heterocycles. The largest absolute Gasteiger partial charge is 0.464 e. The van der Waals surface area contributed by atoms with Crippen LogP contribution in [0.2, 0.25) is 0 Å².